The third-order valence-electron chi connectivity index (χ3n) is 1.95. The van der Waals surface area contributed by atoms with Crippen LogP contribution in [-0.4, -0.2) is 35.5 Å². The largest absolute Gasteiger partial charge is 3.00 e. The number of esters is 1. The fourth-order valence-corrected chi connectivity index (χ4v) is 1.27. The van der Waals surface area contributed by atoms with Crippen molar-refractivity contribution in [1.82, 2.24) is 0 Å². The summed E-state index contributed by atoms with van der Waals surface area (Å²) >= 11 is 5.75. The van der Waals surface area contributed by atoms with E-state index >= 15 is 0 Å². The Morgan fingerprint density at radius 3 is 2.29 bits per heavy atom. The fourth-order valence-electron chi connectivity index (χ4n) is 1.14. The van der Waals surface area contributed by atoms with Crippen LogP contribution in [0, 0.1) is 0 Å². The standard InChI is InChI=1S/C12H15ClO3.Al/c1-4-15-11(14)12(2,3)16-10-7-5-9(13)6-8-10;/h5-8H,4H2,1-3H3;/q;+3. The van der Waals surface area contributed by atoms with Gasteiger partial charge in [-0.15, -0.1) is 0 Å². The minimum Gasteiger partial charge on any atom is -0.476 e. The van der Waals surface area contributed by atoms with E-state index in [1.165, 1.54) is 0 Å². The Morgan fingerprint density at radius 1 is 1.29 bits per heavy atom. The topological polar surface area (TPSA) is 35.5 Å². The smallest absolute Gasteiger partial charge is 0.476 e. The molecular weight excluding hydrogens is 255 g/mol. The molecule has 0 amide bonds. The van der Waals surface area contributed by atoms with E-state index in [4.69, 9.17) is 21.1 Å². The van der Waals surface area contributed by atoms with Crippen molar-refractivity contribution >= 4 is 34.9 Å². The minimum atomic E-state index is -0.996. The van der Waals surface area contributed by atoms with E-state index in [9.17, 15) is 4.79 Å². The van der Waals surface area contributed by atoms with Gasteiger partial charge in [-0.3, -0.25) is 0 Å². The van der Waals surface area contributed by atoms with Crippen LogP contribution < -0.4 is 4.74 Å². The van der Waals surface area contributed by atoms with E-state index in [1.807, 2.05) is 0 Å². The zero-order valence-corrected chi connectivity index (χ0v) is 12.1. The Bertz CT molecular complexity index is 363. The first-order chi connectivity index (χ1) is 7.45. The number of carbonyl (C=O) groups excluding carboxylic acids is 1. The molecule has 0 aliphatic rings. The van der Waals surface area contributed by atoms with E-state index < -0.39 is 5.60 Å². The fraction of sp³-hybridized carbons (Fsp3) is 0.417. The molecule has 0 N–H and O–H groups in total. The summed E-state index contributed by atoms with van der Waals surface area (Å²) < 4.78 is 10.5. The first-order valence-corrected chi connectivity index (χ1v) is 5.45. The summed E-state index contributed by atoms with van der Waals surface area (Å²) in [5.41, 5.74) is -0.996. The van der Waals surface area contributed by atoms with Crippen LogP contribution >= 0.6 is 11.6 Å². The molecule has 0 fully saturated rings. The maximum atomic E-state index is 11.6. The van der Waals surface area contributed by atoms with Gasteiger partial charge in [0.25, 0.3) is 0 Å². The summed E-state index contributed by atoms with van der Waals surface area (Å²) in [7, 11) is 0. The summed E-state index contributed by atoms with van der Waals surface area (Å²) in [6.45, 7) is 5.43. The van der Waals surface area contributed by atoms with E-state index in [2.05, 4.69) is 0 Å². The molecule has 0 aliphatic heterocycles. The quantitative estimate of drug-likeness (QED) is 0.623. The van der Waals surface area contributed by atoms with Crippen molar-refractivity contribution in [3.8, 4) is 5.75 Å². The van der Waals surface area contributed by atoms with Crippen LogP contribution in [0.1, 0.15) is 20.8 Å². The molecule has 0 unspecified atom stereocenters. The molecular formula is C12H15AlClO3+3. The molecule has 1 aromatic carbocycles. The van der Waals surface area contributed by atoms with Gasteiger partial charge in [-0.05, 0) is 45.0 Å². The van der Waals surface area contributed by atoms with Crippen LogP contribution in [0.4, 0.5) is 0 Å². The second kappa shape index (κ2) is 6.91. The number of carbonyl (C=O) groups is 1. The monoisotopic (exact) mass is 269 g/mol. The molecule has 0 bridgehead atoms. The van der Waals surface area contributed by atoms with Crippen LogP contribution in [0.2, 0.25) is 5.02 Å². The summed E-state index contributed by atoms with van der Waals surface area (Å²) in [5, 5.41) is 0.626. The number of benzene rings is 1. The van der Waals surface area contributed by atoms with Crippen molar-refractivity contribution in [2.45, 2.75) is 26.4 Å². The molecule has 0 aromatic heterocycles. The average Bonchev–Trinajstić information content (AvgIpc) is 2.21. The second-order valence-electron chi connectivity index (χ2n) is 3.79. The molecule has 5 heteroatoms. The molecule has 1 rings (SSSR count). The zero-order chi connectivity index (χ0) is 12.2. The normalized spacial score (nSPS) is 10.4. The molecule has 0 heterocycles. The van der Waals surface area contributed by atoms with Crippen molar-refractivity contribution in [2.75, 3.05) is 6.61 Å². The van der Waals surface area contributed by atoms with Gasteiger partial charge in [-0.2, -0.15) is 0 Å². The van der Waals surface area contributed by atoms with Gasteiger partial charge >= 0.3 is 23.3 Å². The van der Waals surface area contributed by atoms with Crippen molar-refractivity contribution in [3.05, 3.63) is 29.3 Å². The van der Waals surface area contributed by atoms with Gasteiger partial charge in [-0.25, -0.2) is 4.79 Å². The molecule has 17 heavy (non-hydrogen) atoms. The van der Waals surface area contributed by atoms with E-state index in [0.717, 1.165) is 0 Å². The van der Waals surface area contributed by atoms with Gasteiger partial charge in [0.15, 0.2) is 5.60 Å². The molecule has 0 atom stereocenters. The van der Waals surface area contributed by atoms with Crippen molar-refractivity contribution in [2.24, 2.45) is 0 Å². The van der Waals surface area contributed by atoms with Gasteiger partial charge in [-0.1, -0.05) is 11.6 Å². The minimum absolute atomic E-state index is 0. The number of hydrogen-bond acceptors (Lipinski definition) is 3. The van der Waals surface area contributed by atoms with Gasteiger partial charge in [0.2, 0.25) is 0 Å². The molecule has 0 saturated heterocycles. The SMILES string of the molecule is CCOC(=O)C(C)(C)Oc1ccc(Cl)cc1.[Al+3]. The number of rotatable bonds is 4. The van der Waals surface area contributed by atoms with Crippen molar-refractivity contribution < 1.29 is 14.3 Å². The average molecular weight is 270 g/mol. The van der Waals surface area contributed by atoms with Crippen molar-refractivity contribution in [3.63, 3.8) is 0 Å². The maximum absolute atomic E-state index is 11.6. The van der Waals surface area contributed by atoms with Gasteiger partial charge in [0.05, 0.1) is 6.61 Å². The predicted molar refractivity (Wildman–Crippen MR) is 68.5 cm³/mol. The first kappa shape index (κ1) is 16.3. The van der Waals surface area contributed by atoms with E-state index in [1.54, 1.807) is 45.0 Å². The molecule has 0 saturated carbocycles. The Morgan fingerprint density at radius 2 is 1.82 bits per heavy atom. The van der Waals surface area contributed by atoms with E-state index in [-0.39, 0.29) is 23.3 Å². The molecule has 3 nitrogen and oxygen atoms in total. The van der Waals surface area contributed by atoms with Crippen LogP contribution in [-0.2, 0) is 9.53 Å². The molecule has 0 spiro atoms. The number of ether oxygens (including phenoxy) is 2. The molecule has 1 aromatic rings. The summed E-state index contributed by atoms with van der Waals surface area (Å²) in [6.07, 6.45) is 0. The molecule has 0 aliphatic carbocycles. The Hall–Kier alpha value is -0.688. The van der Waals surface area contributed by atoms with Gasteiger partial charge in [0, 0.05) is 5.02 Å². The van der Waals surface area contributed by atoms with Crippen LogP contribution in [0.25, 0.3) is 0 Å². The van der Waals surface area contributed by atoms with Crippen LogP contribution in [0.5, 0.6) is 5.75 Å². The molecule has 0 radical (unpaired) electrons. The van der Waals surface area contributed by atoms with Crippen LogP contribution in [0.15, 0.2) is 24.3 Å². The maximum Gasteiger partial charge on any atom is 3.00 e. The summed E-state index contributed by atoms with van der Waals surface area (Å²) in [4.78, 5) is 11.6. The van der Waals surface area contributed by atoms with Gasteiger partial charge < -0.3 is 9.47 Å². The Kier molecular flexibility index (Phi) is 6.63. The second-order valence-corrected chi connectivity index (χ2v) is 4.22. The third-order valence-corrected chi connectivity index (χ3v) is 2.21. The first-order valence-electron chi connectivity index (χ1n) is 5.07. The van der Waals surface area contributed by atoms with Crippen LogP contribution in [0.3, 0.4) is 0 Å². The third kappa shape index (κ3) is 4.99. The summed E-state index contributed by atoms with van der Waals surface area (Å²) in [5.74, 6) is 0.201. The zero-order valence-electron chi connectivity index (χ0n) is 10.2. The Labute approximate surface area is 117 Å². The van der Waals surface area contributed by atoms with E-state index in [0.29, 0.717) is 17.4 Å². The van der Waals surface area contributed by atoms with Crippen molar-refractivity contribution in [1.29, 1.82) is 0 Å². The number of hydrogen-bond donors (Lipinski definition) is 0. The molecule has 88 valence electrons. The Balaban J connectivity index is 0.00000256. The summed E-state index contributed by atoms with van der Waals surface area (Å²) in [6, 6.07) is 6.84. The predicted octanol–water partition coefficient (Wildman–Crippen LogP) is 2.68. The number of halogens is 1. The van der Waals surface area contributed by atoms with Gasteiger partial charge in [0.1, 0.15) is 5.75 Å².